The van der Waals surface area contributed by atoms with Crippen molar-refractivity contribution in [1.29, 1.82) is 0 Å². The lowest BCUT2D eigenvalue weighted by Crippen LogP contribution is -2.53. The summed E-state index contributed by atoms with van der Waals surface area (Å²) in [6, 6.07) is 0.282. The topological polar surface area (TPSA) is 64.0 Å². The number of azide groups is 1. The van der Waals surface area contributed by atoms with Crippen molar-refractivity contribution in [2.24, 2.45) is 5.11 Å². The lowest BCUT2D eigenvalue weighted by Gasteiger charge is -2.35. The summed E-state index contributed by atoms with van der Waals surface area (Å²) in [5.41, 5.74) is 8.28. The van der Waals surface area contributed by atoms with Gasteiger partial charge in [0.05, 0.1) is 0 Å². The predicted molar refractivity (Wildman–Crippen MR) is 50.5 cm³/mol. The number of hydrogen-bond acceptors (Lipinski definition) is 2. The summed E-state index contributed by atoms with van der Waals surface area (Å²) in [5.74, 6) is 0. The molecule has 2 unspecified atom stereocenters. The van der Waals surface area contributed by atoms with Crippen LogP contribution in [0.3, 0.4) is 0 Å². The van der Waals surface area contributed by atoms with Gasteiger partial charge in [0.25, 0.3) is 0 Å². The summed E-state index contributed by atoms with van der Waals surface area (Å²) < 4.78 is 0. The largest absolute Gasteiger partial charge is 0.360 e. The van der Waals surface area contributed by atoms with Gasteiger partial charge in [0.1, 0.15) is 6.17 Å². The Morgan fingerprint density at radius 3 is 3.08 bits per heavy atom. The predicted octanol–water partition coefficient (Wildman–Crippen LogP) is 1.22. The number of thiocarbonyl (C=S) groups is 1. The van der Waals surface area contributed by atoms with Crippen LogP contribution in [-0.4, -0.2) is 29.3 Å². The highest BCUT2D eigenvalue weighted by molar-refractivity contribution is 7.80. The Hall–Kier alpha value is -1.00. The van der Waals surface area contributed by atoms with E-state index < -0.39 is 0 Å². The Morgan fingerprint density at radius 1 is 1.83 bits per heavy atom. The number of nitrogens with one attached hydrogen (secondary N) is 1. The van der Waals surface area contributed by atoms with Crippen molar-refractivity contribution in [2.75, 3.05) is 7.05 Å². The van der Waals surface area contributed by atoms with Crippen LogP contribution in [0.5, 0.6) is 0 Å². The maximum Gasteiger partial charge on any atom is 0.169 e. The molecule has 1 saturated heterocycles. The molecule has 1 fully saturated rings. The van der Waals surface area contributed by atoms with E-state index in [0.29, 0.717) is 5.11 Å². The van der Waals surface area contributed by atoms with Crippen molar-refractivity contribution in [3.8, 4) is 0 Å². The lowest BCUT2D eigenvalue weighted by atomic mass is 10.1. The second-order valence-electron chi connectivity index (χ2n) is 2.88. The Balaban J connectivity index is 2.72. The zero-order chi connectivity index (χ0) is 9.14. The van der Waals surface area contributed by atoms with Gasteiger partial charge < -0.3 is 10.2 Å². The van der Waals surface area contributed by atoms with E-state index in [0.717, 1.165) is 6.42 Å². The van der Waals surface area contributed by atoms with Crippen LogP contribution in [0.25, 0.3) is 10.4 Å². The number of rotatable bonds is 1. The van der Waals surface area contributed by atoms with Gasteiger partial charge in [-0.2, -0.15) is 0 Å². The first-order chi connectivity index (χ1) is 5.65. The van der Waals surface area contributed by atoms with Gasteiger partial charge in [-0.3, -0.25) is 0 Å². The van der Waals surface area contributed by atoms with E-state index in [4.69, 9.17) is 17.7 Å². The van der Waals surface area contributed by atoms with E-state index >= 15 is 0 Å². The molecule has 0 aromatic rings. The fraction of sp³-hybridized carbons (Fsp3) is 0.833. The molecular formula is C6H11N5S. The molecule has 0 radical (unpaired) electrons. The average Bonchev–Trinajstić information content (AvgIpc) is 2.00. The summed E-state index contributed by atoms with van der Waals surface area (Å²) in [6.07, 6.45) is 0.652. The fourth-order valence-corrected chi connectivity index (χ4v) is 1.49. The first-order valence-corrected chi connectivity index (χ1v) is 4.13. The third kappa shape index (κ3) is 1.78. The zero-order valence-corrected chi connectivity index (χ0v) is 7.88. The molecule has 5 nitrogen and oxygen atoms in total. The van der Waals surface area contributed by atoms with Gasteiger partial charge >= 0.3 is 0 Å². The number of nitrogens with zero attached hydrogens (tertiary/aromatic N) is 4. The van der Waals surface area contributed by atoms with E-state index in [2.05, 4.69) is 15.3 Å². The molecule has 1 aliphatic rings. The standard InChI is InChI=1S/C6H11N5S/c1-4-3-5(9-10-7)11(2)6(12)8-4/h4-5H,3H2,1-2H3,(H,8,12). The van der Waals surface area contributed by atoms with E-state index in [1.165, 1.54) is 0 Å². The van der Waals surface area contributed by atoms with Gasteiger partial charge in [0.2, 0.25) is 0 Å². The summed E-state index contributed by atoms with van der Waals surface area (Å²) in [7, 11) is 1.82. The van der Waals surface area contributed by atoms with Crippen LogP contribution in [0.2, 0.25) is 0 Å². The van der Waals surface area contributed by atoms with Crippen molar-refractivity contribution in [3.05, 3.63) is 10.4 Å². The van der Waals surface area contributed by atoms with Crippen LogP contribution in [0.15, 0.2) is 5.11 Å². The molecular weight excluding hydrogens is 174 g/mol. The first kappa shape index (κ1) is 9.09. The molecule has 0 spiro atoms. The highest BCUT2D eigenvalue weighted by atomic mass is 32.1. The molecule has 0 aliphatic carbocycles. The maximum absolute atomic E-state index is 8.28. The summed E-state index contributed by atoms with van der Waals surface area (Å²) in [6.45, 7) is 2.01. The summed E-state index contributed by atoms with van der Waals surface area (Å²) in [4.78, 5) is 4.55. The third-order valence-electron chi connectivity index (χ3n) is 1.89. The minimum absolute atomic E-state index is 0.140. The van der Waals surface area contributed by atoms with Crippen LogP contribution < -0.4 is 5.32 Å². The van der Waals surface area contributed by atoms with Crippen LogP contribution in [0.1, 0.15) is 13.3 Å². The van der Waals surface area contributed by atoms with Gasteiger partial charge in [0.15, 0.2) is 5.11 Å². The molecule has 0 aromatic carbocycles. The molecule has 1 heterocycles. The zero-order valence-electron chi connectivity index (χ0n) is 7.06. The molecule has 1 N–H and O–H groups in total. The molecule has 1 aliphatic heterocycles. The van der Waals surface area contributed by atoms with E-state index in [1.54, 1.807) is 4.90 Å². The Bertz CT molecular complexity index is 234. The van der Waals surface area contributed by atoms with Gasteiger partial charge in [-0.25, -0.2) is 0 Å². The molecule has 0 aromatic heterocycles. The Morgan fingerprint density at radius 2 is 2.50 bits per heavy atom. The SMILES string of the molecule is CC1CC(N=[N+]=[N-])N(C)C(=S)N1. The summed E-state index contributed by atoms with van der Waals surface area (Å²) in [5, 5.41) is 7.38. The normalized spacial score (nSPS) is 29.2. The average molecular weight is 185 g/mol. The van der Waals surface area contributed by atoms with E-state index in [9.17, 15) is 0 Å². The minimum atomic E-state index is -0.140. The van der Waals surface area contributed by atoms with Crippen molar-refractivity contribution in [1.82, 2.24) is 10.2 Å². The van der Waals surface area contributed by atoms with Gasteiger partial charge in [-0.1, -0.05) is 5.11 Å². The minimum Gasteiger partial charge on any atom is -0.360 e. The Labute approximate surface area is 76.4 Å². The fourth-order valence-electron chi connectivity index (χ4n) is 1.17. The molecule has 2 atom stereocenters. The molecule has 12 heavy (non-hydrogen) atoms. The summed E-state index contributed by atoms with van der Waals surface area (Å²) >= 11 is 5.03. The molecule has 66 valence electrons. The lowest BCUT2D eigenvalue weighted by molar-refractivity contribution is 0.288. The highest BCUT2D eigenvalue weighted by Crippen LogP contribution is 2.13. The molecule has 0 amide bonds. The van der Waals surface area contributed by atoms with Crippen LogP contribution in [0.4, 0.5) is 0 Å². The molecule has 6 heteroatoms. The van der Waals surface area contributed by atoms with Crippen molar-refractivity contribution in [2.45, 2.75) is 25.6 Å². The monoisotopic (exact) mass is 185 g/mol. The molecule has 0 bridgehead atoms. The Kier molecular flexibility index (Phi) is 2.73. The molecule has 0 saturated carbocycles. The van der Waals surface area contributed by atoms with E-state index in [-0.39, 0.29) is 12.2 Å². The van der Waals surface area contributed by atoms with E-state index in [1.807, 2.05) is 14.0 Å². The van der Waals surface area contributed by atoms with Crippen LogP contribution >= 0.6 is 12.2 Å². The highest BCUT2D eigenvalue weighted by Gasteiger charge is 2.24. The second-order valence-corrected chi connectivity index (χ2v) is 3.27. The number of hydrogen-bond donors (Lipinski definition) is 1. The maximum atomic E-state index is 8.28. The van der Waals surface area contributed by atoms with Crippen LogP contribution in [-0.2, 0) is 0 Å². The first-order valence-electron chi connectivity index (χ1n) is 3.72. The molecule has 1 rings (SSSR count). The van der Waals surface area contributed by atoms with Gasteiger partial charge in [-0.15, -0.1) is 0 Å². The van der Waals surface area contributed by atoms with Crippen molar-refractivity contribution < 1.29 is 0 Å². The van der Waals surface area contributed by atoms with Gasteiger partial charge in [0, 0.05) is 18.0 Å². The van der Waals surface area contributed by atoms with Gasteiger partial charge in [-0.05, 0) is 31.1 Å². The third-order valence-corrected chi connectivity index (χ3v) is 2.29. The van der Waals surface area contributed by atoms with Crippen LogP contribution in [0, 0.1) is 0 Å². The van der Waals surface area contributed by atoms with Crippen molar-refractivity contribution >= 4 is 17.3 Å². The second kappa shape index (κ2) is 3.60. The quantitative estimate of drug-likeness (QED) is 0.289. The van der Waals surface area contributed by atoms with Crippen molar-refractivity contribution in [3.63, 3.8) is 0 Å². The smallest absolute Gasteiger partial charge is 0.169 e.